The van der Waals surface area contributed by atoms with Gasteiger partial charge in [0.05, 0.1) is 16.6 Å². The van der Waals surface area contributed by atoms with Crippen molar-refractivity contribution in [2.45, 2.75) is 46.3 Å². The highest BCUT2D eigenvalue weighted by molar-refractivity contribution is 14.0. The monoisotopic (exact) mass is 512 g/mol. The van der Waals surface area contributed by atoms with Gasteiger partial charge in [0.15, 0.2) is 5.96 Å². The van der Waals surface area contributed by atoms with E-state index >= 15 is 0 Å². The lowest BCUT2D eigenvalue weighted by Gasteiger charge is -2.14. The number of halogens is 2. The van der Waals surface area contributed by atoms with Crippen molar-refractivity contribution in [1.82, 2.24) is 15.8 Å². The van der Waals surface area contributed by atoms with Crippen LogP contribution in [-0.4, -0.2) is 29.3 Å². The van der Waals surface area contributed by atoms with Crippen molar-refractivity contribution in [3.05, 3.63) is 38.4 Å². The van der Waals surface area contributed by atoms with Crippen LogP contribution < -0.4 is 10.6 Å². The molecule has 0 fully saturated rings. The predicted octanol–water partition coefficient (Wildman–Crippen LogP) is 3.92. The van der Waals surface area contributed by atoms with E-state index < -0.39 is 6.10 Å². The lowest BCUT2D eigenvalue weighted by atomic mass is 10.1. The van der Waals surface area contributed by atoms with E-state index in [1.165, 1.54) is 11.3 Å². The number of hydrogen-bond acceptors (Lipinski definition) is 5. The minimum Gasteiger partial charge on any atom is -0.386 e. The van der Waals surface area contributed by atoms with Gasteiger partial charge in [0.1, 0.15) is 11.9 Å². The van der Waals surface area contributed by atoms with Gasteiger partial charge in [-0.05, 0) is 25.5 Å². The maximum atomic E-state index is 10.2. The van der Waals surface area contributed by atoms with E-state index in [1.807, 2.05) is 19.9 Å². The third kappa shape index (κ3) is 6.40. The zero-order valence-electron chi connectivity index (χ0n) is 15.2. The predicted molar refractivity (Wildman–Crippen MR) is 118 cm³/mol. The number of thiophene rings is 1. The van der Waals surface area contributed by atoms with E-state index in [1.54, 1.807) is 6.07 Å². The van der Waals surface area contributed by atoms with Gasteiger partial charge in [-0.25, -0.2) is 4.99 Å². The average Bonchev–Trinajstić information content (AvgIpc) is 3.22. The molecule has 0 amide bonds. The largest absolute Gasteiger partial charge is 0.386 e. The molecule has 2 rings (SSSR count). The van der Waals surface area contributed by atoms with Gasteiger partial charge < -0.3 is 20.3 Å². The Balaban J connectivity index is 0.00000338. The van der Waals surface area contributed by atoms with E-state index in [0.29, 0.717) is 23.4 Å². The molecular weight excluding hydrogens is 487 g/mol. The van der Waals surface area contributed by atoms with Gasteiger partial charge in [0.2, 0.25) is 0 Å². The first-order chi connectivity index (χ1) is 12.1. The first-order valence-electron chi connectivity index (χ1n) is 8.50. The van der Waals surface area contributed by atoms with Gasteiger partial charge in [0.25, 0.3) is 0 Å². The van der Waals surface area contributed by atoms with Crippen LogP contribution in [0.15, 0.2) is 21.6 Å². The Morgan fingerprint density at radius 1 is 1.31 bits per heavy atom. The minimum absolute atomic E-state index is 0. The fourth-order valence-corrected chi connectivity index (χ4v) is 3.46. The van der Waals surface area contributed by atoms with Crippen LogP contribution in [0.2, 0.25) is 4.34 Å². The molecule has 2 aromatic heterocycles. The van der Waals surface area contributed by atoms with E-state index in [0.717, 1.165) is 41.3 Å². The molecule has 0 aliphatic carbocycles. The third-order valence-corrected chi connectivity index (χ3v) is 5.06. The molecule has 0 aliphatic rings. The Morgan fingerprint density at radius 2 is 2.08 bits per heavy atom. The molecule has 2 aromatic rings. The van der Waals surface area contributed by atoms with Gasteiger partial charge in [-0.2, -0.15) is 0 Å². The van der Waals surface area contributed by atoms with Crippen molar-refractivity contribution in [1.29, 1.82) is 0 Å². The normalized spacial score (nSPS) is 12.6. The maximum Gasteiger partial charge on any atom is 0.191 e. The summed E-state index contributed by atoms with van der Waals surface area (Å²) < 4.78 is 6.04. The minimum atomic E-state index is -0.630. The third-order valence-electron chi connectivity index (χ3n) is 3.73. The van der Waals surface area contributed by atoms with E-state index in [9.17, 15) is 5.11 Å². The number of aliphatic hydroxyl groups is 1. The molecule has 2 heterocycles. The Kier molecular flexibility index (Phi) is 10.5. The Morgan fingerprint density at radius 3 is 2.65 bits per heavy atom. The van der Waals surface area contributed by atoms with Crippen LogP contribution >= 0.6 is 46.9 Å². The first-order valence-corrected chi connectivity index (χ1v) is 9.70. The number of guanidine groups is 1. The van der Waals surface area contributed by atoms with E-state index in [2.05, 4.69) is 27.7 Å². The van der Waals surface area contributed by atoms with Crippen LogP contribution in [0.25, 0.3) is 0 Å². The maximum absolute atomic E-state index is 10.2. The number of aryl methyl sites for hydroxylation is 2. The van der Waals surface area contributed by atoms with Crippen LogP contribution in [0.4, 0.5) is 0 Å². The smallest absolute Gasteiger partial charge is 0.191 e. The zero-order chi connectivity index (χ0) is 18.2. The van der Waals surface area contributed by atoms with Gasteiger partial charge in [-0.3, -0.25) is 0 Å². The molecular formula is C17H26ClIN4O2S. The molecule has 6 nitrogen and oxygen atoms in total. The highest BCUT2D eigenvalue weighted by Crippen LogP contribution is 2.26. The summed E-state index contributed by atoms with van der Waals surface area (Å²) in [4.78, 5) is 5.43. The molecule has 3 N–H and O–H groups in total. The first kappa shape index (κ1) is 23.2. The summed E-state index contributed by atoms with van der Waals surface area (Å²) in [6, 6.07) is 3.62. The van der Waals surface area contributed by atoms with Crippen molar-refractivity contribution in [2.24, 2.45) is 4.99 Å². The summed E-state index contributed by atoms with van der Waals surface area (Å²) in [6.45, 7) is 7.67. The van der Waals surface area contributed by atoms with Gasteiger partial charge in [-0.1, -0.05) is 30.6 Å². The Bertz CT molecular complexity index is 683. The fourth-order valence-electron chi connectivity index (χ4n) is 2.42. The molecule has 0 aliphatic heterocycles. The van der Waals surface area contributed by atoms with Crippen molar-refractivity contribution in [3.63, 3.8) is 0 Å². The van der Waals surface area contributed by atoms with Gasteiger partial charge >= 0.3 is 0 Å². The fraction of sp³-hybridized carbons (Fsp3) is 0.529. The van der Waals surface area contributed by atoms with Crippen molar-refractivity contribution in [2.75, 3.05) is 13.1 Å². The molecule has 0 aromatic carbocycles. The lowest BCUT2D eigenvalue weighted by molar-refractivity contribution is 0.184. The van der Waals surface area contributed by atoms with Crippen LogP contribution in [0, 0.1) is 0 Å². The molecule has 1 atom stereocenters. The van der Waals surface area contributed by atoms with Crippen molar-refractivity contribution >= 4 is 52.9 Å². The van der Waals surface area contributed by atoms with Crippen LogP contribution in [0.1, 0.15) is 48.8 Å². The quantitative estimate of drug-likeness (QED) is 0.284. The Hall–Kier alpha value is -0.840. The summed E-state index contributed by atoms with van der Waals surface area (Å²) in [5.74, 6) is 1.53. The number of nitrogens with one attached hydrogen (secondary N) is 2. The SMILES string of the molecule is CCNC(=NCc1c(CC)noc1CC)NCC(O)c1ccc(Cl)s1.I. The molecule has 26 heavy (non-hydrogen) atoms. The number of nitrogens with zero attached hydrogens (tertiary/aromatic N) is 2. The molecule has 0 bridgehead atoms. The van der Waals surface area contributed by atoms with Crippen LogP contribution in [0.3, 0.4) is 0 Å². The summed E-state index contributed by atoms with van der Waals surface area (Å²) >= 11 is 7.29. The second-order valence-corrected chi connectivity index (χ2v) is 7.22. The molecule has 0 radical (unpaired) electrons. The molecule has 0 saturated carbocycles. The van der Waals surface area contributed by atoms with Crippen LogP contribution in [0.5, 0.6) is 0 Å². The summed E-state index contributed by atoms with van der Waals surface area (Å²) in [7, 11) is 0. The number of hydrogen-bond donors (Lipinski definition) is 3. The summed E-state index contributed by atoms with van der Waals surface area (Å²) in [5, 5.41) is 20.7. The van der Waals surface area contributed by atoms with Gasteiger partial charge in [0, 0.05) is 30.0 Å². The van der Waals surface area contributed by atoms with Crippen molar-refractivity contribution in [3.8, 4) is 0 Å². The standard InChI is InChI=1S/C17H25ClN4O2S.HI/c1-4-12-11(14(5-2)24-22-12)9-20-17(19-6-3)21-10-13(23)15-7-8-16(18)25-15;/h7-8,13,23H,4-6,9-10H2,1-3H3,(H2,19,20,21);1H. The number of aromatic nitrogens is 1. The number of aliphatic hydroxyl groups excluding tert-OH is 1. The molecule has 0 spiro atoms. The van der Waals surface area contributed by atoms with Crippen LogP contribution in [-0.2, 0) is 19.4 Å². The highest BCUT2D eigenvalue weighted by atomic mass is 127. The lowest BCUT2D eigenvalue weighted by Crippen LogP contribution is -2.39. The second-order valence-electron chi connectivity index (χ2n) is 5.47. The van der Waals surface area contributed by atoms with E-state index in [4.69, 9.17) is 16.1 Å². The van der Waals surface area contributed by atoms with Crippen molar-refractivity contribution < 1.29 is 9.63 Å². The second kappa shape index (κ2) is 11.8. The topological polar surface area (TPSA) is 82.7 Å². The summed E-state index contributed by atoms with van der Waals surface area (Å²) in [5.41, 5.74) is 2.00. The molecule has 0 saturated heterocycles. The zero-order valence-corrected chi connectivity index (χ0v) is 19.1. The molecule has 146 valence electrons. The number of aliphatic imine (C=N–C) groups is 1. The summed E-state index contributed by atoms with van der Waals surface area (Å²) in [6.07, 6.45) is 0.977. The Labute approximate surface area is 180 Å². The highest BCUT2D eigenvalue weighted by Gasteiger charge is 2.14. The molecule has 9 heteroatoms. The van der Waals surface area contributed by atoms with E-state index in [-0.39, 0.29) is 24.0 Å². The molecule has 1 unspecified atom stereocenters. The van der Waals surface area contributed by atoms with Gasteiger partial charge in [-0.15, -0.1) is 35.3 Å². The number of rotatable bonds is 8. The average molecular weight is 513 g/mol.